The summed E-state index contributed by atoms with van der Waals surface area (Å²) in [5, 5.41) is 48.6. The number of ketones is 2. The van der Waals surface area contributed by atoms with E-state index in [0.717, 1.165) is 25.3 Å². The quantitative estimate of drug-likeness (QED) is 0.147. The van der Waals surface area contributed by atoms with Crippen LogP contribution in [0.3, 0.4) is 0 Å². The van der Waals surface area contributed by atoms with Crippen LogP contribution in [0.15, 0.2) is 28.7 Å². The number of hydrogen-bond acceptors (Lipinski definition) is 9. The molecule has 0 aromatic heterocycles. The molecule has 8 N–H and O–H groups in total. The van der Waals surface area contributed by atoms with E-state index in [-0.39, 0.29) is 37.1 Å². The standard InChI is InChI=1S/C26H30FN3O8/c1-2-3-4-5-29-10-17(32)30-15-9-14(27)13-7-11-6-12-8-16(31)20(25(28)37)24(36)26(12,38)23(35)18(11)22(34)19(13)21(15)33/h9,11-12,29,31,33,35,38H,2-8,10H2,1H3,(H2,28,37)(H,30,32)/t11?,12-,26-/m0/s1. The molecule has 0 aliphatic heterocycles. The third-order valence-electron chi connectivity index (χ3n) is 7.52. The van der Waals surface area contributed by atoms with Crippen molar-refractivity contribution in [1.82, 2.24) is 5.32 Å². The number of phenolic OH excluding ortho intramolecular Hbond substituents is 1. The Morgan fingerprint density at radius 2 is 1.89 bits per heavy atom. The van der Waals surface area contributed by atoms with Gasteiger partial charge in [-0.2, -0.15) is 0 Å². The van der Waals surface area contributed by atoms with Gasteiger partial charge < -0.3 is 36.8 Å². The summed E-state index contributed by atoms with van der Waals surface area (Å²) >= 11 is 0. The fraction of sp³-hybridized carbons (Fsp3) is 0.462. The highest BCUT2D eigenvalue weighted by molar-refractivity contribution is 6.24. The number of Topliss-reactive ketones (excluding diaryl/α,β-unsaturated/α-hetero) is 2. The van der Waals surface area contributed by atoms with Gasteiger partial charge in [0.25, 0.3) is 5.91 Å². The topological polar surface area (TPSA) is 199 Å². The Morgan fingerprint density at radius 3 is 2.55 bits per heavy atom. The van der Waals surface area contributed by atoms with E-state index in [1.165, 1.54) is 0 Å². The van der Waals surface area contributed by atoms with Crippen LogP contribution in [-0.4, -0.2) is 62.5 Å². The number of nitrogens with one attached hydrogen (secondary N) is 2. The van der Waals surface area contributed by atoms with Crippen LogP contribution in [0, 0.1) is 17.7 Å². The van der Waals surface area contributed by atoms with Crippen LogP contribution in [0.4, 0.5) is 10.1 Å². The molecule has 1 aromatic carbocycles. The number of benzene rings is 1. The summed E-state index contributed by atoms with van der Waals surface area (Å²) in [6.45, 7) is 2.52. The number of aliphatic hydroxyl groups is 3. The first-order chi connectivity index (χ1) is 17.9. The van der Waals surface area contributed by atoms with Gasteiger partial charge >= 0.3 is 0 Å². The van der Waals surface area contributed by atoms with Crippen molar-refractivity contribution >= 4 is 29.1 Å². The van der Waals surface area contributed by atoms with Gasteiger partial charge in [-0.25, -0.2) is 4.39 Å². The second-order valence-corrected chi connectivity index (χ2v) is 9.95. The maximum atomic E-state index is 15.1. The minimum Gasteiger partial charge on any atom is -0.511 e. The zero-order valence-corrected chi connectivity index (χ0v) is 20.8. The summed E-state index contributed by atoms with van der Waals surface area (Å²) in [4.78, 5) is 50.5. The number of rotatable bonds is 8. The third kappa shape index (κ3) is 4.33. The normalized spacial score (nSPS) is 24.6. The number of aromatic hydroxyl groups is 1. The van der Waals surface area contributed by atoms with Crippen molar-refractivity contribution < 1.29 is 44.0 Å². The van der Waals surface area contributed by atoms with Gasteiger partial charge in [-0.1, -0.05) is 19.8 Å². The van der Waals surface area contributed by atoms with Crippen LogP contribution < -0.4 is 16.4 Å². The number of nitrogens with two attached hydrogens (primary N) is 1. The molecule has 0 spiro atoms. The van der Waals surface area contributed by atoms with Crippen molar-refractivity contribution in [3.05, 3.63) is 45.7 Å². The Labute approximate surface area is 217 Å². The van der Waals surface area contributed by atoms with Gasteiger partial charge in [0.15, 0.2) is 17.1 Å². The first-order valence-corrected chi connectivity index (χ1v) is 12.5. The SMILES string of the molecule is CCCCCNCC(=O)Nc1cc(F)c2c(c1O)C(=O)C1=C(O)[C@]3(O)C(=O)C(C(N)=O)=C(O)C[C@@H]3CC1C2. The summed E-state index contributed by atoms with van der Waals surface area (Å²) < 4.78 is 15.1. The van der Waals surface area contributed by atoms with Gasteiger partial charge in [0.1, 0.15) is 22.9 Å². The maximum absolute atomic E-state index is 15.1. The highest BCUT2D eigenvalue weighted by Crippen LogP contribution is 2.52. The summed E-state index contributed by atoms with van der Waals surface area (Å²) in [5.41, 5.74) is 0.180. The van der Waals surface area contributed by atoms with Crippen molar-refractivity contribution in [1.29, 1.82) is 0 Å². The lowest BCUT2D eigenvalue weighted by Crippen LogP contribution is -2.57. The Hall–Kier alpha value is -3.77. The molecule has 12 heteroatoms. The minimum absolute atomic E-state index is 0.106. The summed E-state index contributed by atoms with van der Waals surface area (Å²) in [6, 6.07) is 0.905. The molecule has 0 fully saturated rings. The first kappa shape index (κ1) is 27.3. The average Bonchev–Trinajstić information content (AvgIpc) is 2.84. The van der Waals surface area contributed by atoms with Gasteiger partial charge in [0.2, 0.25) is 11.7 Å². The Balaban J connectivity index is 1.68. The molecule has 4 rings (SSSR count). The van der Waals surface area contributed by atoms with Crippen LogP contribution in [0.5, 0.6) is 5.75 Å². The van der Waals surface area contributed by atoms with Crippen LogP contribution in [0.2, 0.25) is 0 Å². The van der Waals surface area contributed by atoms with Crippen LogP contribution >= 0.6 is 0 Å². The lowest BCUT2D eigenvalue weighted by atomic mass is 9.60. The minimum atomic E-state index is -2.71. The molecular formula is C26H30FN3O8. The predicted molar refractivity (Wildman–Crippen MR) is 132 cm³/mol. The van der Waals surface area contributed by atoms with Crippen molar-refractivity contribution in [2.75, 3.05) is 18.4 Å². The van der Waals surface area contributed by atoms with E-state index >= 15 is 4.39 Å². The molecular weight excluding hydrogens is 501 g/mol. The number of allylic oxidation sites excluding steroid dienone is 2. The molecule has 1 unspecified atom stereocenters. The van der Waals surface area contributed by atoms with Crippen LogP contribution in [0.1, 0.15) is 54.9 Å². The Bertz CT molecular complexity index is 1300. The monoisotopic (exact) mass is 531 g/mol. The number of carbonyl (C=O) groups excluding carboxylic acids is 4. The molecule has 0 saturated heterocycles. The van der Waals surface area contributed by atoms with E-state index in [1.54, 1.807) is 0 Å². The van der Waals surface area contributed by atoms with Gasteiger partial charge in [-0.3, -0.25) is 19.2 Å². The molecule has 1 aromatic rings. The van der Waals surface area contributed by atoms with Crippen molar-refractivity contribution in [3.8, 4) is 5.75 Å². The van der Waals surface area contributed by atoms with E-state index < -0.39 is 80.6 Å². The average molecular weight is 532 g/mol. The predicted octanol–water partition coefficient (Wildman–Crippen LogP) is 1.44. The van der Waals surface area contributed by atoms with E-state index in [0.29, 0.717) is 6.54 Å². The lowest BCUT2D eigenvalue weighted by Gasteiger charge is -2.45. The fourth-order valence-electron chi connectivity index (χ4n) is 5.63. The number of aliphatic hydroxyl groups excluding tert-OH is 2. The molecule has 11 nitrogen and oxygen atoms in total. The fourth-order valence-corrected chi connectivity index (χ4v) is 5.63. The van der Waals surface area contributed by atoms with Crippen molar-refractivity contribution in [2.24, 2.45) is 17.6 Å². The Kier molecular flexibility index (Phi) is 7.31. The number of halogens is 1. The molecule has 3 aliphatic carbocycles. The first-order valence-electron chi connectivity index (χ1n) is 12.5. The Morgan fingerprint density at radius 1 is 1.18 bits per heavy atom. The molecule has 0 bridgehead atoms. The lowest BCUT2D eigenvalue weighted by molar-refractivity contribution is -0.144. The van der Waals surface area contributed by atoms with Gasteiger partial charge in [0.05, 0.1) is 17.8 Å². The molecule has 204 valence electrons. The second-order valence-electron chi connectivity index (χ2n) is 9.95. The number of anilines is 1. The summed E-state index contributed by atoms with van der Waals surface area (Å²) in [6.07, 6.45) is 2.21. The van der Waals surface area contributed by atoms with Crippen molar-refractivity contribution in [3.63, 3.8) is 0 Å². The molecule has 2 amide bonds. The third-order valence-corrected chi connectivity index (χ3v) is 7.52. The number of phenols is 1. The van der Waals surface area contributed by atoms with Crippen molar-refractivity contribution in [2.45, 2.75) is 51.0 Å². The smallest absolute Gasteiger partial charge is 0.255 e. The summed E-state index contributed by atoms with van der Waals surface area (Å²) in [5.74, 6) is -9.47. The van der Waals surface area contributed by atoms with E-state index in [4.69, 9.17) is 5.73 Å². The number of unbranched alkanes of at least 4 members (excludes halogenated alkanes) is 2. The van der Waals surface area contributed by atoms with E-state index in [9.17, 15) is 39.6 Å². The van der Waals surface area contributed by atoms with Gasteiger partial charge in [0, 0.05) is 29.5 Å². The number of fused-ring (bicyclic) bond motifs is 3. The van der Waals surface area contributed by atoms with E-state index in [1.807, 2.05) is 6.92 Å². The second kappa shape index (κ2) is 10.2. The highest BCUT2D eigenvalue weighted by Gasteiger charge is 2.59. The largest absolute Gasteiger partial charge is 0.511 e. The molecule has 38 heavy (non-hydrogen) atoms. The van der Waals surface area contributed by atoms with Gasteiger partial charge in [-0.05, 0) is 31.7 Å². The number of carbonyl (C=O) groups is 4. The molecule has 3 atom stereocenters. The number of primary amides is 1. The molecule has 0 heterocycles. The number of hydrogen-bond donors (Lipinski definition) is 7. The molecule has 3 aliphatic rings. The summed E-state index contributed by atoms with van der Waals surface area (Å²) in [7, 11) is 0. The number of amides is 2. The zero-order valence-electron chi connectivity index (χ0n) is 20.8. The highest BCUT2D eigenvalue weighted by atomic mass is 19.1. The van der Waals surface area contributed by atoms with Crippen LogP contribution in [-0.2, 0) is 20.8 Å². The molecule has 0 radical (unpaired) electrons. The maximum Gasteiger partial charge on any atom is 0.255 e. The molecule has 0 saturated carbocycles. The zero-order chi connectivity index (χ0) is 27.9. The van der Waals surface area contributed by atoms with E-state index in [2.05, 4.69) is 10.6 Å². The van der Waals surface area contributed by atoms with Gasteiger partial charge in [-0.15, -0.1) is 0 Å². The van der Waals surface area contributed by atoms with Crippen LogP contribution in [0.25, 0.3) is 0 Å².